The number of hydrogen-bond donors (Lipinski definition) is 0. The summed E-state index contributed by atoms with van der Waals surface area (Å²) in [6.45, 7) is 1.84. The van der Waals surface area contributed by atoms with Gasteiger partial charge in [-0.05, 0) is 30.3 Å². The minimum Gasteiger partial charge on any atom is -0.459 e. The van der Waals surface area contributed by atoms with Gasteiger partial charge in [0, 0.05) is 31.7 Å². The number of piperazine rings is 1. The molecule has 0 radical (unpaired) electrons. The highest BCUT2D eigenvalue weighted by Gasteiger charge is 2.26. The zero-order valence-corrected chi connectivity index (χ0v) is 12.4. The third-order valence-electron chi connectivity index (χ3n) is 3.82. The van der Waals surface area contributed by atoms with E-state index in [0.717, 1.165) is 0 Å². The first kappa shape index (κ1) is 14.9. The van der Waals surface area contributed by atoms with Gasteiger partial charge in [0.25, 0.3) is 11.8 Å². The van der Waals surface area contributed by atoms with Crippen molar-refractivity contribution in [2.24, 2.45) is 0 Å². The third-order valence-corrected chi connectivity index (χ3v) is 3.82. The second kappa shape index (κ2) is 6.36. The summed E-state index contributed by atoms with van der Waals surface area (Å²) in [5.41, 5.74) is 0.956. The maximum absolute atomic E-state index is 12.5. The van der Waals surface area contributed by atoms with E-state index in [1.54, 1.807) is 46.2 Å². The fourth-order valence-corrected chi connectivity index (χ4v) is 2.57. The van der Waals surface area contributed by atoms with Crippen LogP contribution >= 0.6 is 0 Å². The summed E-state index contributed by atoms with van der Waals surface area (Å²) in [5, 5.41) is 8.91. The largest absolute Gasteiger partial charge is 0.459 e. The Labute approximate surface area is 133 Å². The molecule has 0 spiro atoms. The Morgan fingerprint density at radius 1 is 1.00 bits per heavy atom. The highest BCUT2D eigenvalue weighted by atomic mass is 16.3. The van der Waals surface area contributed by atoms with Gasteiger partial charge >= 0.3 is 0 Å². The molecule has 2 amide bonds. The lowest BCUT2D eigenvalue weighted by Gasteiger charge is -2.34. The maximum Gasteiger partial charge on any atom is 0.289 e. The first-order chi connectivity index (χ1) is 11.2. The second-order valence-electron chi connectivity index (χ2n) is 5.25. The van der Waals surface area contributed by atoms with Crippen molar-refractivity contribution < 1.29 is 14.0 Å². The van der Waals surface area contributed by atoms with Gasteiger partial charge in [-0.15, -0.1) is 0 Å². The second-order valence-corrected chi connectivity index (χ2v) is 5.25. The topological polar surface area (TPSA) is 77.5 Å². The van der Waals surface area contributed by atoms with Crippen LogP contribution in [-0.4, -0.2) is 47.8 Å². The lowest BCUT2D eigenvalue weighted by atomic mass is 10.1. The summed E-state index contributed by atoms with van der Waals surface area (Å²) >= 11 is 0. The quantitative estimate of drug-likeness (QED) is 0.846. The van der Waals surface area contributed by atoms with E-state index in [0.29, 0.717) is 43.1 Å². The molecule has 2 heterocycles. The molecule has 0 bridgehead atoms. The van der Waals surface area contributed by atoms with Crippen LogP contribution in [0.1, 0.15) is 26.5 Å². The molecule has 6 heteroatoms. The Morgan fingerprint density at radius 2 is 1.70 bits per heavy atom. The molecule has 3 rings (SSSR count). The fraction of sp³-hybridized carbons (Fsp3) is 0.235. The molecule has 0 aliphatic carbocycles. The third kappa shape index (κ3) is 3.09. The number of carbonyl (C=O) groups excluding carboxylic acids is 2. The zero-order chi connectivity index (χ0) is 16.2. The standard InChI is InChI=1S/C17H15N3O3/c18-12-13-3-1-4-14(11-13)16(21)19-6-8-20(9-7-19)17(22)15-5-2-10-23-15/h1-5,10-11H,6-9H2. The van der Waals surface area contributed by atoms with Gasteiger partial charge in [-0.25, -0.2) is 0 Å². The van der Waals surface area contributed by atoms with Crippen LogP contribution in [0.3, 0.4) is 0 Å². The van der Waals surface area contributed by atoms with Crippen molar-refractivity contribution in [3.63, 3.8) is 0 Å². The predicted molar refractivity (Wildman–Crippen MR) is 81.7 cm³/mol. The van der Waals surface area contributed by atoms with Crippen LogP contribution in [0.25, 0.3) is 0 Å². The average molecular weight is 309 g/mol. The first-order valence-electron chi connectivity index (χ1n) is 7.31. The molecule has 1 aliphatic heterocycles. The maximum atomic E-state index is 12.5. The first-order valence-corrected chi connectivity index (χ1v) is 7.31. The number of furan rings is 1. The lowest BCUT2D eigenvalue weighted by Crippen LogP contribution is -2.50. The summed E-state index contributed by atoms with van der Waals surface area (Å²) in [5.74, 6) is 0.0345. The van der Waals surface area contributed by atoms with E-state index in [4.69, 9.17) is 9.68 Å². The lowest BCUT2D eigenvalue weighted by molar-refractivity contribution is 0.0518. The van der Waals surface area contributed by atoms with Gasteiger partial charge in [-0.2, -0.15) is 5.26 Å². The Kier molecular flexibility index (Phi) is 4.11. The van der Waals surface area contributed by atoms with Crippen molar-refractivity contribution >= 4 is 11.8 Å². The van der Waals surface area contributed by atoms with Crippen LogP contribution in [0.15, 0.2) is 47.1 Å². The number of rotatable bonds is 2. The Balaban J connectivity index is 1.63. The van der Waals surface area contributed by atoms with Gasteiger partial charge in [0.15, 0.2) is 5.76 Å². The number of benzene rings is 1. The minimum absolute atomic E-state index is 0.118. The van der Waals surface area contributed by atoms with E-state index >= 15 is 0 Å². The van der Waals surface area contributed by atoms with E-state index < -0.39 is 0 Å². The van der Waals surface area contributed by atoms with Crippen molar-refractivity contribution in [3.8, 4) is 6.07 Å². The highest BCUT2D eigenvalue weighted by molar-refractivity contribution is 5.95. The Bertz CT molecular complexity index is 754. The number of hydrogen-bond acceptors (Lipinski definition) is 4. The number of amides is 2. The summed E-state index contributed by atoms with van der Waals surface area (Å²) < 4.78 is 5.12. The molecule has 1 aromatic heterocycles. The van der Waals surface area contributed by atoms with Crippen LogP contribution in [0.4, 0.5) is 0 Å². The molecule has 0 N–H and O–H groups in total. The molecule has 23 heavy (non-hydrogen) atoms. The highest BCUT2D eigenvalue weighted by Crippen LogP contribution is 2.13. The van der Waals surface area contributed by atoms with Gasteiger partial charge < -0.3 is 14.2 Å². The number of nitriles is 1. The summed E-state index contributed by atoms with van der Waals surface area (Å²) in [4.78, 5) is 28.0. The molecule has 0 saturated carbocycles. The molecule has 1 aliphatic rings. The molecule has 6 nitrogen and oxygen atoms in total. The van der Waals surface area contributed by atoms with Crippen LogP contribution in [0, 0.1) is 11.3 Å². The molecule has 2 aromatic rings. The van der Waals surface area contributed by atoms with Crippen LogP contribution in [-0.2, 0) is 0 Å². The van der Waals surface area contributed by atoms with Crippen LogP contribution < -0.4 is 0 Å². The van der Waals surface area contributed by atoms with E-state index in [2.05, 4.69) is 0 Å². The van der Waals surface area contributed by atoms with Gasteiger partial charge in [0.2, 0.25) is 0 Å². The molecule has 1 fully saturated rings. The van der Waals surface area contributed by atoms with Crippen molar-refractivity contribution in [1.29, 1.82) is 5.26 Å². The molecule has 1 saturated heterocycles. The van der Waals surface area contributed by atoms with Crippen LogP contribution in [0.5, 0.6) is 0 Å². The molecule has 1 aromatic carbocycles. The Hall–Kier alpha value is -3.07. The molecular weight excluding hydrogens is 294 g/mol. The normalized spacial score (nSPS) is 14.4. The molecule has 0 atom stereocenters. The van der Waals surface area contributed by atoms with Crippen molar-refractivity contribution in [3.05, 3.63) is 59.5 Å². The number of nitrogens with zero attached hydrogens (tertiary/aromatic N) is 3. The summed E-state index contributed by atoms with van der Waals surface area (Å²) in [6.07, 6.45) is 1.47. The van der Waals surface area contributed by atoms with E-state index in [-0.39, 0.29) is 11.8 Å². The monoisotopic (exact) mass is 309 g/mol. The smallest absolute Gasteiger partial charge is 0.289 e. The average Bonchev–Trinajstić information content (AvgIpc) is 3.15. The van der Waals surface area contributed by atoms with Crippen LogP contribution in [0.2, 0.25) is 0 Å². The van der Waals surface area contributed by atoms with E-state index in [1.165, 1.54) is 6.26 Å². The van der Waals surface area contributed by atoms with Gasteiger partial charge in [-0.3, -0.25) is 9.59 Å². The minimum atomic E-state index is -0.159. The fourth-order valence-electron chi connectivity index (χ4n) is 2.57. The van der Waals surface area contributed by atoms with Crippen molar-refractivity contribution in [2.75, 3.05) is 26.2 Å². The van der Waals surface area contributed by atoms with E-state index in [1.807, 2.05) is 6.07 Å². The van der Waals surface area contributed by atoms with Crippen molar-refractivity contribution in [2.45, 2.75) is 0 Å². The molecule has 116 valence electrons. The van der Waals surface area contributed by atoms with Crippen molar-refractivity contribution in [1.82, 2.24) is 9.80 Å². The van der Waals surface area contributed by atoms with Gasteiger partial charge in [0.1, 0.15) is 0 Å². The van der Waals surface area contributed by atoms with Gasteiger partial charge in [-0.1, -0.05) is 6.07 Å². The summed E-state index contributed by atoms with van der Waals surface area (Å²) in [6, 6.07) is 12.0. The molecular formula is C17H15N3O3. The SMILES string of the molecule is N#Cc1cccc(C(=O)N2CCN(C(=O)c3ccco3)CC2)c1. The van der Waals surface area contributed by atoms with E-state index in [9.17, 15) is 9.59 Å². The molecule has 0 unspecified atom stereocenters. The number of carbonyl (C=O) groups is 2. The Morgan fingerprint density at radius 3 is 2.30 bits per heavy atom. The van der Waals surface area contributed by atoms with Gasteiger partial charge in [0.05, 0.1) is 17.9 Å². The predicted octanol–water partition coefficient (Wildman–Crippen LogP) is 1.75. The zero-order valence-electron chi connectivity index (χ0n) is 12.4. The summed E-state index contributed by atoms with van der Waals surface area (Å²) in [7, 11) is 0.